The molecule has 1 unspecified atom stereocenters. The average molecular weight is 523 g/mol. The first kappa shape index (κ1) is 22.8. The van der Waals surface area contributed by atoms with E-state index >= 15 is 0 Å². The third-order valence-electron chi connectivity index (χ3n) is 7.04. The lowest BCUT2D eigenvalue weighted by Gasteiger charge is -2.26. The van der Waals surface area contributed by atoms with E-state index in [0.29, 0.717) is 22.4 Å². The quantitative estimate of drug-likeness (QED) is 0.304. The summed E-state index contributed by atoms with van der Waals surface area (Å²) in [5, 5.41) is 2.08. The zero-order chi connectivity index (χ0) is 25.8. The Hall–Kier alpha value is -4.36. The van der Waals surface area contributed by atoms with E-state index in [4.69, 9.17) is 9.73 Å². The molecule has 0 aliphatic carbocycles. The van der Waals surface area contributed by atoms with Crippen molar-refractivity contribution >= 4 is 33.9 Å². The van der Waals surface area contributed by atoms with Crippen LogP contribution >= 0.6 is 11.3 Å². The number of benzene rings is 4. The van der Waals surface area contributed by atoms with Crippen LogP contribution in [0.5, 0.6) is 5.75 Å². The molecular weight excluding hydrogens is 502 g/mol. The zero-order valence-electron chi connectivity index (χ0n) is 20.0. The molecule has 2 aliphatic heterocycles. The molecule has 1 atom stereocenters. The van der Waals surface area contributed by atoms with Gasteiger partial charge in [0.15, 0.2) is 4.80 Å². The molecule has 38 heavy (non-hydrogen) atoms. The van der Waals surface area contributed by atoms with Gasteiger partial charge in [0.25, 0.3) is 5.56 Å². The molecule has 3 heterocycles. The number of ether oxygens (including phenoxy) is 1. The smallest absolute Gasteiger partial charge is 0.271 e. The van der Waals surface area contributed by atoms with Crippen molar-refractivity contribution in [3.05, 3.63) is 139 Å². The second-order valence-electron chi connectivity index (χ2n) is 9.32. The summed E-state index contributed by atoms with van der Waals surface area (Å²) in [6.07, 6.45) is 2.31. The Kier molecular flexibility index (Phi) is 5.33. The molecule has 0 bridgehead atoms. The molecule has 186 valence electrons. The number of halogens is 2. The molecule has 0 saturated heterocycles. The van der Waals surface area contributed by atoms with E-state index in [0.717, 1.165) is 44.5 Å². The van der Waals surface area contributed by atoms with Gasteiger partial charge >= 0.3 is 0 Å². The molecule has 5 aromatic rings. The van der Waals surface area contributed by atoms with E-state index in [1.807, 2.05) is 30.3 Å². The first-order valence-electron chi connectivity index (χ1n) is 12.3. The molecule has 7 rings (SSSR count). The first-order valence-corrected chi connectivity index (χ1v) is 13.1. The highest BCUT2D eigenvalue weighted by Crippen LogP contribution is 2.43. The van der Waals surface area contributed by atoms with Crippen LogP contribution in [-0.4, -0.2) is 11.2 Å². The standard InChI is InChI=1S/C31H20F2N2O2S/c32-21-10-5-18(6-11-21)17-26-30(36)35-28(20-7-12-22(33)13-8-20)24-15-16-37-29-23-4-2-1-3-19(23)9-14-25(29)27(24)34-31(35)38-26/h1-14,17,28H,15-16H2/b26-17+. The van der Waals surface area contributed by atoms with Gasteiger partial charge in [0.05, 0.1) is 22.9 Å². The van der Waals surface area contributed by atoms with Crippen LogP contribution in [0.15, 0.2) is 100 Å². The molecule has 1 aromatic heterocycles. The van der Waals surface area contributed by atoms with Crippen molar-refractivity contribution in [3.63, 3.8) is 0 Å². The van der Waals surface area contributed by atoms with Crippen LogP contribution in [0.2, 0.25) is 0 Å². The van der Waals surface area contributed by atoms with Crippen LogP contribution in [0.1, 0.15) is 29.2 Å². The summed E-state index contributed by atoms with van der Waals surface area (Å²) < 4.78 is 35.8. The number of thiazole rings is 1. The Labute approximate surface area is 220 Å². The third-order valence-corrected chi connectivity index (χ3v) is 8.03. The Bertz CT molecular complexity index is 1940. The van der Waals surface area contributed by atoms with Crippen LogP contribution in [0, 0.1) is 11.6 Å². The number of rotatable bonds is 2. The molecule has 0 saturated carbocycles. The molecule has 4 nitrogen and oxygen atoms in total. The van der Waals surface area contributed by atoms with Gasteiger partial charge in [0, 0.05) is 17.4 Å². The molecule has 0 amide bonds. The summed E-state index contributed by atoms with van der Waals surface area (Å²) in [5.74, 6) is 0.102. The van der Waals surface area contributed by atoms with E-state index < -0.39 is 6.04 Å². The average Bonchev–Trinajstić information content (AvgIpc) is 3.11. The topological polar surface area (TPSA) is 43.6 Å². The molecule has 0 N–H and O–H groups in total. The predicted molar refractivity (Wildman–Crippen MR) is 145 cm³/mol. The van der Waals surface area contributed by atoms with Gasteiger partial charge in [-0.3, -0.25) is 9.36 Å². The van der Waals surface area contributed by atoms with Crippen LogP contribution in [0.3, 0.4) is 0 Å². The Morgan fingerprint density at radius 3 is 2.45 bits per heavy atom. The van der Waals surface area contributed by atoms with Gasteiger partial charge in [-0.2, -0.15) is 0 Å². The SMILES string of the molecule is O=c1/c(=C\c2ccc(F)cc2)sc2n1C(c1ccc(F)cc1)C1=C(N=2)c2ccc3ccccc3c2OCC1. The van der Waals surface area contributed by atoms with Gasteiger partial charge in [0.2, 0.25) is 0 Å². The van der Waals surface area contributed by atoms with Crippen molar-refractivity contribution in [2.45, 2.75) is 12.5 Å². The van der Waals surface area contributed by atoms with Crippen molar-refractivity contribution in [1.82, 2.24) is 4.57 Å². The Morgan fingerprint density at radius 2 is 1.66 bits per heavy atom. The third kappa shape index (κ3) is 3.70. The lowest BCUT2D eigenvalue weighted by atomic mass is 9.91. The maximum absolute atomic E-state index is 13.9. The van der Waals surface area contributed by atoms with Crippen molar-refractivity contribution in [3.8, 4) is 5.75 Å². The van der Waals surface area contributed by atoms with Crippen molar-refractivity contribution in [1.29, 1.82) is 0 Å². The van der Waals surface area contributed by atoms with Crippen LogP contribution in [0.25, 0.3) is 22.5 Å². The fourth-order valence-electron chi connectivity index (χ4n) is 5.29. The van der Waals surface area contributed by atoms with Gasteiger partial charge in [-0.1, -0.05) is 65.9 Å². The molecule has 0 spiro atoms. The van der Waals surface area contributed by atoms with Crippen LogP contribution < -0.4 is 19.6 Å². The maximum atomic E-state index is 13.9. The normalized spacial score (nSPS) is 16.8. The van der Waals surface area contributed by atoms with Crippen LogP contribution in [-0.2, 0) is 0 Å². The fraction of sp³-hybridized carbons (Fsp3) is 0.0968. The number of hydrogen-bond acceptors (Lipinski definition) is 4. The van der Waals surface area contributed by atoms with Crippen molar-refractivity contribution in [2.24, 2.45) is 4.99 Å². The minimum Gasteiger partial charge on any atom is -0.492 e. The largest absolute Gasteiger partial charge is 0.492 e. The predicted octanol–water partition coefficient (Wildman–Crippen LogP) is 5.59. The number of nitrogens with zero attached hydrogens (tertiary/aromatic N) is 2. The molecule has 2 aliphatic rings. The second-order valence-corrected chi connectivity index (χ2v) is 10.3. The maximum Gasteiger partial charge on any atom is 0.271 e. The minimum atomic E-state index is -0.460. The van der Waals surface area contributed by atoms with Crippen molar-refractivity contribution in [2.75, 3.05) is 6.61 Å². The highest BCUT2D eigenvalue weighted by molar-refractivity contribution is 7.07. The van der Waals surface area contributed by atoms with Gasteiger partial charge in [0.1, 0.15) is 17.4 Å². The van der Waals surface area contributed by atoms with E-state index in [9.17, 15) is 13.6 Å². The summed E-state index contributed by atoms with van der Waals surface area (Å²) in [6.45, 7) is 0.426. The summed E-state index contributed by atoms with van der Waals surface area (Å²) >= 11 is 1.29. The summed E-state index contributed by atoms with van der Waals surface area (Å²) in [6, 6.07) is 24.0. The van der Waals surface area contributed by atoms with Crippen molar-refractivity contribution < 1.29 is 13.5 Å². The highest BCUT2D eigenvalue weighted by atomic mass is 32.1. The lowest BCUT2D eigenvalue weighted by molar-refractivity contribution is 0.323. The zero-order valence-corrected chi connectivity index (χ0v) is 20.8. The number of fused-ring (bicyclic) bond motifs is 5. The summed E-state index contributed by atoms with van der Waals surface area (Å²) in [5.41, 5.74) is 3.94. The summed E-state index contributed by atoms with van der Waals surface area (Å²) in [7, 11) is 0. The van der Waals surface area contributed by atoms with Gasteiger partial charge < -0.3 is 4.74 Å². The molecule has 7 heteroatoms. The Morgan fingerprint density at radius 1 is 0.921 bits per heavy atom. The number of hydrogen-bond donors (Lipinski definition) is 0. The first-order chi connectivity index (χ1) is 18.6. The van der Waals surface area contributed by atoms with E-state index in [2.05, 4.69) is 6.07 Å². The van der Waals surface area contributed by atoms with Gasteiger partial charge in [-0.25, -0.2) is 13.8 Å². The van der Waals surface area contributed by atoms with Gasteiger partial charge in [-0.05, 0) is 58.5 Å². The van der Waals surface area contributed by atoms with Gasteiger partial charge in [-0.15, -0.1) is 0 Å². The molecule has 0 radical (unpaired) electrons. The van der Waals surface area contributed by atoms with E-state index in [1.165, 1.54) is 35.6 Å². The van der Waals surface area contributed by atoms with Crippen LogP contribution in [0.4, 0.5) is 8.78 Å². The molecule has 4 aromatic carbocycles. The molecule has 0 fully saturated rings. The second kappa shape index (κ2) is 8.89. The monoisotopic (exact) mass is 522 g/mol. The van der Waals surface area contributed by atoms with E-state index in [1.54, 1.807) is 34.9 Å². The number of aromatic nitrogens is 1. The minimum absolute atomic E-state index is 0.192. The fourth-order valence-corrected chi connectivity index (χ4v) is 6.29. The Balaban J connectivity index is 1.51. The van der Waals surface area contributed by atoms with E-state index in [-0.39, 0.29) is 17.2 Å². The molecular formula is C31H20F2N2O2S. The lowest BCUT2D eigenvalue weighted by Crippen LogP contribution is -2.38. The highest BCUT2D eigenvalue weighted by Gasteiger charge is 2.32. The summed E-state index contributed by atoms with van der Waals surface area (Å²) in [4.78, 5) is 19.4.